The molecule has 0 unspecified atom stereocenters. The smallest absolute Gasteiger partial charge is 0.0473 e. The first-order valence-corrected chi connectivity index (χ1v) is 5.69. The fourth-order valence-electron chi connectivity index (χ4n) is 2.17. The molecule has 0 fully saturated rings. The van der Waals surface area contributed by atoms with Crippen LogP contribution in [0.15, 0.2) is 66.7 Å². The normalized spacial score (nSPS) is 10.0. The predicted molar refractivity (Wildman–Crippen MR) is 81.0 cm³/mol. The molecule has 0 amide bonds. The molecule has 1 nitrogen and oxygen atoms in total. The van der Waals surface area contributed by atoms with Gasteiger partial charge in [-0.25, -0.2) is 0 Å². The summed E-state index contributed by atoms with van der Waals surface area (Å²) in [6.07, 6.45) is 0. The number of rotatable bonds is 1. The third-order valence-electron chi connectivity index (χ3n) is 3.06. The molecule has 18 heavy (non-hydrogen) atoms. The summed E-state index contributed by atoms with van der Waals surface area (Å²) in [6.45, 7) is 0. The Hall–Kier alpha value is -1.99. The lowest BCUT2D eigenvalue weighted by molar-refractivity contribution is 1.64. The predicted octanol–water partition coefficient (Wildman–Crippen LogP) is 4.51. The van der Waals surface area contributed by atoms with E-state index in [-0.39, 0.29) is 12.4 Å². The highest BCUT2D eigenvalue weighted by Gasteiger charge is 2.05. The lowest BCUT2D eigenvalue weighted by Gasteiger charge is -2.09. The Morgan fingerprint density at radius 3 is 2.11 bits per heavy atom. The molecule has 0 atom stereocenters. The second-order valence-corrected chi connectivity index (χ2v) is 4.11. The second kappa shape index (κ2) is 5.11. The first-order chi connectivity index (χ1) is 8.36. The van der Waals surface area contributed by atoms with Gasteiger partial charge in [-0.05, 0) is 10.9 Å². The van der Waals surface area contributed by atoms with Crippen LogP contribution in [0.5, 0.6) is 0 Å². The van der Waals surface area contributed by atoms with Crippen molar-refractivity contribution < 1.29 is 0 Å². The van der Waals surface area contributed by atoms with Gasteiger partial charge in [0.25, 0.3) is 0 Å². The lowest BCUT2D eigenvalue weighted by Crippen LogP contribution is -1.91. The van der Waals surface area contributed by atoms with E-state index in [1.165, 1.54) is 5.39 Å². The summed E-state index contributed by atoms with van der Waals surface area (Å²) in [7, 11) is 0. The minimum atomic E-state index is 0. The van der Waals surface area contributed by atoms with Crippen LogP contribution in [0.25, 0.3) is 21.9 Å². The van der Waals surface area contributed by atoms with Crippen molar-refractivity contribution in [2.75, 3.05) is 5.73 Å². The summed E-state index contributed by atoms with van der Waals surface area (Å²) >= 11 is 0. The van der Waals surface area contributed by atoms with Gasteiger partial charge in [-0.2, -0.15) is 0 Å². The Morgan fingerprint density at radius 2 is 1.33 bits per heavy atom. The van der Waals surface area contributed by atoms with E-state index in [4.69, 9.17) is 5.73 Å². The van der Waals surface area contributed by atoms with Gasteiger partial charge < -0.3 is 5.73 Å². The molecule has 3 aromatic rings. The zero-order valence-electron chi connectivity index (χ0n) is 9.84. The van der Waals surface area contributed by atoms with Crippen molar-refractivity contribution in [2.24, 2.45) is 0 Å². The number of benzene rings is 3. The summed E-state index contributed by atoms with van der Waals surface area (Å²) < 4.78 is 0. The summed E-state index contributed by atoms with van der Waals surface area (Å²) in [6, 6.07) is 22.7. The quantitative estimate of drug-likeness (QED) is 0.636. The molecule has 0 saturated heterocycles. The molecule has 2 N–H and O–H groups in total. The van der Waals surface area contributed by atoms with Crippen molar-refractivity contribution in [2.45, 2.75) is 0 Å². The van der Waals surface area contributed by atoms with Crippen LogP contribution in [-0.4, -0.2) is 0 Å². The van der Waals surface area contributed by atoms with Crippen LogP contribution in [0.4, 0.5) is 5.69 Å². The van der Waals surface area contributed by atoms with Crippen LogP contribution in [0.3, 0.4) is 0 Å². The van der Waals surface area contributed by atoms with E-state index in [2.05, 4.69) is 36.4 Å². The van der Waals surface area contributed by atoms with Crippen molar-refractivity contribution in [1.82, 2.24) is 0 Å². The maximum absolute atomic E-state index is 6.25. The summed E-state index contributed by atoms with van der Waals surface area (Å²) in [5, 5.41) is 2.30. The molecule has 0 bridgehead atoms. The highest BCUT2D eigenvalue weighted by molar-refractivity contribution is 6.00. The van der Waals surface area contributed by atoms with E-state index in [0.717, 1.165) is 22.2 Å². The van der Waals surface area contributed by atoms with Crippen molar-refractivity contribution in [3.8, 4) is 11.1 Å². The van der Waals surface area contributed by atoms with E-state index in [0.29, 0.717) is 0 Å². The number of hydrogen-bond donors (Lipinski definition) is 1. The number of fused-ring (bicyclic) bond motifs is 1. The fraction of sp³-hybridized carbons (Fsp3) is 0. The van der Waals surface area contributed by atoms with Gasteiger partial charge in [0.2, 0.25) is 0 Å². The molecule has 0 aromatic heterocycles. The third-order valence-corrected chi connectivity index (χ3v) is 3.06. The Labute approximate surface area is 113 Å². The SMILES string of the molecule is Cl.Nc1c(-c2ccccc2)ccc2ccccc12. The molecule has 0 aliphatic heterocycles. The number of nitrogens with two attached hydrogens (primary N) is 1. The molecule has 90 valence electrons. The number of halogens is 1. The average molecular weight is 256 g/mol. The fourth-order valence-corrected chi connectivity index (χ4v) is 2.17. The Bertz CT molecular complexity index is 662. The van der Waals surface area contributed by atoms with Crippen LogP contribution in [0.1, 0.15) is 0 Å². The highest BCUT2D eigenvalue weighted by Crippen LogP contribution is 2.32. The standard InChI is InChI=1S/C16H13N.ClH/c17-16-14-9-5-4-8-13(14)10-11-15(16)12-6-2-1-3-7-12;/h1-11H,17H2;1H. The zero-order valence-corrected chi connectivity index (χ0v) is 10.7. The Kier molecular flexibility index (Phi) is 3.54. The molecule has 0 spiro atoms. The van der Waals surface area contributed by atoms with Crippen molar-refractivity contribution in [1.29, 1.82) is 0 Å². The Balaban J connectivity index is 0.00000120. The maximum atomic E-state index is 6.25. The van der Waals surface area contributed by atoms with E-state index in [9.17, 15) is 0 Å². The molecule has 0 aliphatic carbocycles. The Morgan fingerprint density at radius 1 is 0.667 bits per heavy atom. The molecular weight excluding hydrogens is 242 g/mol. The lowest BCUT2D eigenvalue weighted by atomic mass is 9.99. The number of hydrogen-bond acceptors (Lipinski definition) is 1. The minimum absolute atomic E-state index is 0. The topological polar surface area (TPSA) is 26.0 Å². The van der Waals surface area contributed by atoms with Crippen molar-refractivity contribution in [3.05, 3.63) is 66.7 Å². The molecule has 0 saturated carbocycles. The maximum Gasteiger partial charge on any atom is 0.0473 e. The molecule has 0 aliphatic rings. The van der Waals surface area contributed by atoms with Gasteiger partial charge in [-0.1, -0.05) is 66.7 Å². The second-order valence-electron chi connectivity index (χ2n) is 4.11. The number of nitrogen functional groups attached to an aromatic ring is 1. The van der Waals surface area contributed by atoms with Crippen LogP contribution < -0.4 is 5.73 Å². The van der Waals surface area contributed by atoms with Gasteiger partial charge in [0.1, 0.15) is 0 Å². The van der Waals surface area contributed by atoms with Crippen LogP contribution in [0, 0.1) is 0 Å². The van der Waals surface area contributed by atoms with E-state index in [1.807, 2.05) is 30.3 Å². The van der Waals surface area contributed by atoms with Crippen LogP contribution in [0.2, 0.25) is 0 Å². The molecule has 3 rings (SSSR count). The molecule has 3 aromatic carbocycles. The summed E-state index contributed by atoms with van der Waals surface area (Å²) in [5.74, 6) is 0. The molecular formula is C16H14ClN. The molecule has 0 heterocycles. The van der Waals surface area contributed by atoms with Gasteiger partial charge in [0.15, 0.2) is 0 Å². The van der Waals surface area contributed by atoms with Gasteiger partial charge in [0.05, 0.1) is 0 Å². The molecule has 2 heteroatoms. The first kappa shape index (κ1) is 12.5. The summed E-state index contributed by atoms with van der Waals surface area (Å²) in [4.78, 5) is 0. The van der Waals surface area contributed by atoms with Gasteiger partial charge >= 0.3 is 0 Å². The van der Waals surface area contributed by atoms with Gasteiger partial charge in [0, 0.05) is 16.6 Å². The van der Waals surface area contributed by atoms with Crippen molar-refractivity contribution >= 4 is 28.9 Å². The summed E-state index contributed by atoms with van der Waals surface area (Å²) in [5.41, 5.74) is 9.37. The van der Waals surface area contributed by atoms with E-state index >= 15 is 0 Å². The minimum Gasteiger partial charge on any atom is -0.398 e. The van der Waals surface area contributed by atoms with E-state index < -0.39 is 0 Å². The largest absolute Gasteiger partial charge is 0.398 e. The highest BCUT2D eigenvalue weighted by atomic mass is 35.5. The van der Waals surface area contributed by atoms with Crippen LogP contribution in [-0.2, 0) is 0 Å². The monoisotopic (exact) mass is 255 g/mol. The molecule has 0 radical (unpaired) electrons. The number of anilines is 1. The van der Waals surface area contributed by atoms with Gasteiger partial charge in [-0.3, -0.25) is 0 Å². The van der Waals surface area contributed by atoms with E-state index in [1.54, 1.807) is 0 Å². The van der Waals surface area contributed by atoms with Crippen LogP contribution >= 0.6 is 12.4 Å². The zero-order chi connectivity index (χ0) is 11.7. The third kappa shape index (κ3) is 2.05. The van der Waals surface area contributed by atoms with Crippen molar-refractivity contribution in [3.63, 3.8) is 0 Å². The first-order valence-electron chi connectivity index (χ1n) is 5.69. The van der Waals surface area contributed by atoms with Gasteiger partial charge in [-0.15, -0.1) is 12.4 Å². The average Bonchev–Trinajstić information content (AvgIpc) is 2.40.